The van der Waals surface area contributed by atoms with Crippen molar-refractivity contribution in [3.8, 4) is 5.75 Å². The third-order valence-electron chi connectivity index (χ3n) is 5.29. The Morgan fingerprint density at radius 3 is 2.85 bits per heavy atom. The van der Waals surface area contributed by atoms with Crippen molar-refractivity contribution >= 4 is 30.1 Å². The van der Waals surface area contributed by atoms with Crippen LogP contribution in [0.2, 0.25) is 5.02 Å². The molecule has 11 heteroatoms. The number of nitrogens with one attached hydrogen (secondary N) is 2. The minimum Gasteiger partial charge on any atom is -0.484 e. The zero-order valence-corrected chi connectivity index (χ0v) is 19.4. The zero-order chi connectivity index (χ0) is 23.7. The maximum Gasteiger partial charge on any atom is 0.258 e. The van der Waals surface area contributed by atoms with E-state index in [2.05, 4.69) is 27.6 Å². The number of carbonyl (C=O) groups is 1. The topological polar surface area (TPSA) is 103 Å². The summed E-state index contributed by atoms with van der Waals surface area (Å²) in [5.74, 6) is -0.299. The molecule has 0 spiro atoms. The first-order valence-electron chi connectivity index (χ1n) is 10.9. The highest BCUT2D eigenvalue weighted by molar-refractivity contribution is 6.30. The first kappa shape index (κ1) is 25.4. The SMILES string of the molecule is C=N/N=C(\OCOCCOC1CC1)C1CC[C@@](C)(NC(=O)COc2ccc(Cl)c(F)c2)CN1. The van der Waals surface area contributed by atoms with Crippen molar-refractivity contribution in [1.29, 1.82) is 0 Å². The number of nitrogens with zero attached hydrogens (tertiary/aromatic N) is 2. The van der Waals surface area contributed by atoms with Crippen molar-refractivity contribution in [2.24, 2.45) is 10.2 Å². The lowest BCUT2D eigenvalue weighted by atomic mass is 9.88. The Morgan fingerprint density at radius 2 is 2.18 bits per heavy atom. The number of benzene rings is 1. The van der Waals surface area contributed by atoms with E-state index in [-0.39, 0.29) is 36.1 Å². The maximum absolute atomic E-state index is 13.5. The fraction of sp³-hybridized carbons (Fsp3) is 0.591. The van der Waals surface area contributed by atoms with Gasteiger partial charge in [-0.15, -0.1) is 5.10 Å². The normalized spacial score (nSPS) is 23.1. The summed E-state index contributed by atoms with van der Waals surface area (Å²) in [7, 11) is 0. The minimum atomic E-state index is -0.602. The van der Waals surface area contributed by atoms with Gasteiger partial charge in [-0.05, 0) is 44.7 Å². The summed E-state index contributed by atoms with van der Waals surface area (Å²) in [4.78, 5) is 12.4. The molecule has 1 aliphatic heterocycles. The first-order valence-corrected chi connectivity index (χ1v) is 11.2. The van der Waals surface area contributed by atoms with E-state index in [9.17, 15) is 9.18 Å². The van der Waals surface area contributed by atoms with Gasteiger partial charge in [-0.2, -0.15) is 5.10 Å². The lowest BCUT2D eigenvalue weighted by molar-refractivity contribution is -0.125. The van der Waals surface area contributed by atoms with Crippen LogP contribution in [0, 0.1) is 5.82 Å². The molecule has 2 atom stereocenters. The second-order valence-electron chi connectivity index (χ2n) is 8.27. The monoisotopic (exact) mass is 484 g/mol. The van der Waals surface area contributed by atoms with Crippen molar-refractivity contribution in [1.82, 2.24) is 10.6 Å². The second-order valence-corrected chi connectivity index (χ2v) is 8.67. The van der Waals surface area contributed by atoms with E-state index in [1.54, 1.807) is 0 Å². The van der Waals surface area contributed by atoms with Gasteiger partial charge in [0.1, 0.15) is 11.6 Å². The molecule has 2 aliphatic rings. The summed E-state index contributed by atoms with van der Waals surface area (Å²) < 4.78 is 35.4. The molecule has 3 rings (SSSR count). The molecular formula is C22H30ClFN4O5. The van der Waals surface area contributed by atoms with Gasteiger partial charge in [-0.25, -0.2) is 4.39 Å². The van der Waals surface area contributed by atoms with Crippen molar-refractivity contribution in [3.05, 3.63) is 29.0 Å². The summed E-state index contributed by atoms with van der Waals surface area (Å²) in [5, 5.41) is 13.8. The van der Waals surface area contributed by atoms with Gasteiger partial charge in [0, 0.05) is 24.9 Å². The molecule has 1 aliphatic carbocycles. The van der Waals surface area contributed by atoms with E-state index in [4.69, 9.17) is 30.5 Å². The van der Waals surface area contributed by atoms with Gasteiger partial charge in [0.05, 0.1) is 30.4 Å². The molecule has 1 aromatic rings. The van der Waals surface area contributed by atoms with Gasteiger partial charge < -0.3 is 29.6 Å². The number of hydrogen-bond donors (Lipinski definition) is 2. The predicted molar refractivity (Wildman–Crippen MR) is 122 cm³/mol. The molecule has 33 heavy (non-hydrogen) atoms. The van der Waals surface area contributed by atoms with Crippen molar-refractivity contribution < 1.29 is 28.1 Å². The Labute approximate surface area is 197 Å². The molecule has 1 unspecified atom stereocenters. The van der Waals surface area contributed by atoms with Gasteiger partial charge in [-0.3, -0.25) is 4.79 Å². The molecular weight excluding hydrogens is 455 g/mol. The number of ether oxygens (including phenoxy) is 4. The number of amides is 1. The van der Waals surface area contributed by atoms with Crippen LogP contribution in [0.5, 0.6) is 5.75 Å². The smallest absolute Gasteiger partial charge is 0.258 e. The van der Waals surface area contributed by atoms with Crippen LogP contribution < -0.4 is 15.4 Å². The fourth-order valence-corrected chi connectivity index (χ4v) is 3.46. The van der Waals surface area contributed by atoms with Crippen LogP contribution in [-0.2, 0) is 19.0 Å². The predicted octanol–water partition coefficient (Wildman–Crippen LogP) is 2.67. The number of piperidine rings is 1. The average Bonchev–Trinajstić information content (AvgIpc) is 3.61. The van der Waals surface area contributed by atoms with E-state index in [1.165, 1.54) is 12.1 Å². The summed E-state index contributed by atoms with van der Waals surface area (Å²) in [6.45, 7) is 6.59. The Hall–Kier alpha value is -2.27. The van der Waals surface area contributed by atoms with Crippen molar-refractivity contribution in [3.63, 3.8) is 0 Å². The zero-order valence-electron chi connectivity index (χ0n) is 18.6. The molecule has 2 N–H and O–H groups in total. The molecule has 1 aromatic carbocycles. The average molecular weight is 485 g/mol. The first-order chi connectivity index (χ1) is 15.9. The molecule has 1 heterocycles. The van der Waals surface area contributed by atoms with Crippen molar-refractivity contribution in [2.45, 2.75) is 50.3 Å². The molecule has 1 saturated heterocycles. The molecule has 182 valence electrons. The van der Waals surface area contributed by atoms with Gasteiger partial charge >= 0.3 is 0 Å². The third-order valence-corrected chi connectivity index (χ3v) is 5.60. The summed E-state index contributed by atoms with van der Waals surface area (Å²) in [6, 6.07) is 3.84. The van der Waals surface area contributed by atoms with Crippen LogP contribution in [0.25, 0.3) is 0 Å². The van der Waals surface area contributed by atoms with Gasteiger partial charge in [0.2, 0.25) is 5.90 Å². The fourth-order valence-electron chi connectivity index (χ4n) is 3.35. The summed E-state index contributed by atoms with van der Waals surface area (Å²) in [5.41, 5.74) is -0.494. The Balaban J connectivity index is 1.38. The molecule has 9 nitrogen and oxygen atoms in total. The molecule has 0 radical (unpaired) electrons. The largest absolute Gasteiger partial charge is 0.484 e. The standard InChI is InChI=1S/C22H30ClFN4O5/c1-22(27-20(29)12-32-16-5-6-17(23)18(24)11-16)8-7-19(26-13-22)21(28-25-2)33-14-30-9-10-31-15-3-4-15/h5-6,11,15,19,26H,2-4,7-10,12-14H2,1H3,(H,27,29)/b28-21-/t19?,22-/m1/s1. The lowest BCUT2D eigenvalue weighted by Gasteiger charge is -2.38. The quantitative estimate of drug-likeness (QED) is 0.155. The van der Waals surface area contributed by atoms with Gasteiger partial charge in [-0.1, -0.05) is 11.6 Å². The lowest BCUT2D eigenvalue weighted by Crippen LogP contribution is -2.60. The second kappa shape index (κ2) is 12.3. The molecule has 1 amide bonds. The van der Waals surface area contributed by atoms with E-state index in [0.717, 1.165) is 18.9 Å². The molecule has 1 saturated carbocycles. The van der Waals surface area contributed by atoms with Crippen LogP contribution in [0.4, 0.5) is 4.39 Å². The van der Waals surface area contributed by atoms with Crippen LogP contribution in [0.3, 0.4) is 0 Å². The molecule has 0 aromatic heterocycles. The van der Waals surface area contributed by atoms with E-state index >= 15 is 0 Å². The number of carbonyl (C=O) groups excluding carboxylic acids is 1. The number of rotatable bonds is 12. The highest BCUT2D eigenvalue weighted by Gasteiger charge is 2.35. The van der Waals surface area contributed by atoms with Gasteiger partial charge in [0.15, 0.2) is 13.4 Å². The van der Waals surface area contributed by atoms with Crippen LogP contribution >= 0.6 is 11.6 Å². The molecule has 2 fully saturated rings. The van der Waals surface area contributed by atoms with Crippen LogP contribution in [0.15, 0.2) is 28.4 Å². The van der Waals surface area contributed by atoms with Gasteiger partial charge in [0.25, 0.3) is 5.91 Å². The summed E-state index contributed by atoms with van der Waals surface area (Å²) in [6.07, 6.45) is 3.96. The van der Waals surface area contributed by atoms with Crippen LogP contribution in [0.1, 0.15) is 32.6 Å². The Morgan fingerprint density at radius 1 is 1.36 bits per heavy atom. The highest BCUT2D eigenvalue weighted by atomic mass is 35.5. The Bertz CT molecular complexity index is 844. The molecule has 0 bridgehead atoms. The van der Waals surface area contributed by atoms with Crippen molar-refractivity contribution in [2.75, 3.05) is 33.2 Å². The third kappa shape index (κ3) is 8.54. The maximum atomic E-state index is 13.5. The van der Waals surface area contributed by atoms with E-state index in [0.29, 0.717) is 44.6 Å². The van der Waals surface area contributed by atoms with E-state index in [1.807, 2.05) is 6.92 Å². The number of hydrogen-bond acceptors (Lipinski definition) is 8. The minimum absolute atomic E-state index is 0.00477. The number of halogens is 2. The Kier molecular flexibility index (Phi) is 9.42. The highest BCUT2D eigenvalue weighted by Crippen LogP contribution is 2.23. The van der Waals surface area contributed by atoms with Crippen LogP contribution in [-0.4, -0.2) is 69.4 Å². The van der Waals surface area contributed by atoms with E-state index < -0.39 is 11.4 Å². The summed E-state index contributed by atoms with van der Waals surface area (Å²) >= 11 is 5.65.